The van der Waals surface area contributed by atoms with Crippen LogP contribution in [-0.4, -0.2) is 17.1 Å². The van der Waals surface area contributed by atoms with Gasteiger partial charge >= 0.3 is 0 Å². The van der Waals surface area contributed by atoms with Crippen LogP contribution in [0.25, 0.3) is 10.2 Å². The van der Waals surface area contributed by atoms with Gasteiger partial charge in [-0.3, -0.25) is 4.79 Å². The van der Waals surface area contributed by atoms with Gasteiger partial charge in [-0.25, -0.2) is 0 Å². The van der Waals surface area contributed by atoms with Crippen LogP contribution in [0, 0.1) is 6.92 Å². The Morgan fingerprint density at radius 2 is 1.92 bits per heavy atom. The molecule has 2 aromatic carbocycles. The molecule has 0 atom stereocenters. The summed E-state index contributed by atoms with van der Waals surface area (Å²) in [6.07, 6.45) is 0. The third kappa shape index (κ3) is 3.48. The van der Waals surface area contributed by atoms with Crippen LogP contribution in [0.1, 0.15) is 5.56 Å². The van der Waals surface area contributed by atoms with Crippen molar-refractivity contribution in [2.24, 2.45) is 12.0 Å². The van der Waals surface area contributed by atoms with E-state index < -0.39 is 0 Å². The van der Waals surface area contributed by atoms with Crippen molar-refractivity contribution in [1.29, 1.82) is 0 Å². The lowest BCUT2D eigenvalue weighted by molar-refractivity contribution is -0.120. The molecular formula is C17H14Cl2N2O2S. The average Bonchev–Trinajstić information content (AvgIpc) is 2.88. The minimum atomic E-state index is -0.360. The van der Waals surface area contributed by atoms with Crippen molar-refractivity contribution >= 4 is 50.7 Å². The first kappa shape index (κ1) is 17.0. The average molecular weight is 381 g/mol. The summed E-state index contributed by atoms with van der Waals surface area (Å²) in [7, 11) is 1.87. The molecule has 24 heavy (non-hydrogen) atoms. The van der Waals surface area contributed by atoms with E-state index in [0.29, 0.717) is 20.6 Å². The number of benzene rings is 2. The number of hydrogen-bond acceptors (Lipinski definition) is 3. The number of aryl methyl sites for hydroxylation is 2. The van der Waals surface area contributed by atoms with E-state index in [-0.39, 0.29) is 12.5 Å². The molecule has 7 heteroatoms. The lowest BCUT2D eigenvalue weighted by Gasteiger charge is -2.03. The van der Waals surface area contributed by atoms with Crippen LogP contribution in [0.4, 0.5) is 0 Å². The number of nitrogens with zero attached hydrogens (tertiary/aromatic N) is 2. The molecule has 0 saturated heterocycles. The molecule has 0 spiro atoms. The third-order valence-corrected chi connectivity index (χ3v) is 5.34. The Hall–Kier alpha value is -1.82. The number of thiazole rings is 1. The Labute approximate surface area is 152 Å². The number of carbonyl (C=O) groups is 1. The Morgan fingerprint density at radius 1 is 1.21 bits per heavy atom. The summed E-state index contributed by atoms with van der Waals surface area (Å²) in [5, 5.41) is 1.27. The van der Waals surface area contributed by atoms with E-state index in [0.717, 1.165) is 15.8 Å². The predicted octanol–water partition coefficient (Wildman–Crippen LogP) is 4.36. The lowest BCUT2D eigenvalue weighted by Crippen LogP contribution is -2.17. The van der Waals surface area contributed by atoms with Gasteiger partial charge in [-0.05, 0) is 42.8 Å². The van der Waals surface area contributed by atoms with E-state index in [4.69, 9.17) is 27.9 Å². The molecule has 0 radical (unpaired) electrons. The summed E-state index contributed by atoms with van der Waals surface area (Å²) in [6, 6.07) is 10.6. The Balaban J connectivity index is 1.85. The zero-order valence-electron chi connectivity index (χ0n) is 13.0. The van der Waals surface area contributed by atoms with Crippen molar-refractivity contribution in [2.75, 3.05) is 6.61 Å². The van der Waals surface area contributed by atoms with Gasteiger partial charge in [0, 0.05) is 12.1 Å². The van der Waals surface area contributed by atoms with Gasteiger partial charge in [0.15, 0.2) is 11.4 Å². The van der Waals surface area contributed by atoms with Crippen molar-refractivity contribution in [3.05, 3.63) is 56.8 Å². The van der Waals surface area contributed by atoms with E-state index >= 15 is 0 Å². The quantitative estimate of drug-likeness (QED) is 0.677. The fourth-order valence-electron chi connectivity index (χ4n) is 2.33. The number of halogens is 2. The highest BCUT2D eigenvalue weighted by Gasteiger charge is 2.10. The zero-order chi connectivity index (χ0) is 17.3. The van der Waals surface area contributed by atoms with Gasteiger partial charge in [0.05, 0.1) is 15.2 Å². The van der Waals surface area contributed by atoms with Gasteiger partial charge in [0.2, 0.25) is 0 Å². The summed E-state index contributed by atoms with van der Waals surface area (Å²) >= 11 is 13.4. The number of ether oxygens (including phenoxy) is 1. The second-order valence-electron chi connectivity index (χ2n) is 5.23. The maximum atomic E-state index is 12.1. The predicted molar refractivity (Wildman–Crippen MR) is 98.1 cm³/mol. The molecule has 0 fully saturated rings. The molecule has 4 nitrogen and oxygen atoms in total. The molecular weight excluding hydrogens is 367 g/mol. The molecule has 0 aliphatic heterocycles. The van der Waals surface area contributed by atoms with E-state index in [1.54, 1.807) is 24.3 Å². The number of amides is 1. The summed E-state index contributed by atoms with van der Waals surface area (Å²) in [5.74, 6) is 0.212. The first-order valence-corrected chi connectivity index (χ1v) is 8.73. The number of rotatable bonds is 3. The molecule has 124 valence electrons. The standard InChI is InChI=1S/C17H14Cl2N2O2S/c1-10-3-8-13(19)16-15(10)21(2)17(24-16)20-14(22)9-23-12-6-4-11(18)5-7-12/h3-8H,9H2,1-2H3. The molecule has 1 aromatic heterocycles. The fraction of sp³-hybridized carbons (Fsp3) is 0.176. The minimum absolute atomic E-state index is 0.136. The molecule has 0 aliphatic rings. The third-order valence-electron chi connectivity index (χ3n) is 3.50. The van der Waals surface area contributed by atoms with Gasteiger partial charge in [-0.2, -0.15) is 4.99 Å². The van der Waals surface area contributed by atoms with Crippen molar-refractivity contribution < 1.29 is 9.53 Å². The normalized spacial score (nSPS) is 11.9. The van der Waals surface area contributed by atoms with Gasteiger partial charge in [0.1, 0.15) is 5.75 Å². The zero-order valence-corrected chi connectivity index (χ0v) is 15.4. The van der Waals surface area contributed by atoms with Crippen molar-refractivity contribution in [2.45, 2.75) is 6.92 Å². The minimum Gasteiger partial charge on any atom is -0.484 e. The fourth-order valence-corrected chi connectivity index (χ4v) is 3.84. The van der Waals surface area contributed by atoms with Crippen LogP contribution in [0.3, 0.4) is 0 Å². The first-order valence-electron chi connectivity index (χ1n) is 7.16. The molecule has 0 N–H and O–H groups in total. The summed E-state index contributed by atoms with van der Waals surface area (Å²) in [6.45, 7) is 1.86. The highest BCUT2D eigenvalue weighted by atomic mass is 35.5. The van der Waals surface area contributed by atoms with Crippen molar-refractivity contribution in [3.8, 4) is 5.75 Å². The van der Waals surface area contributed by atoms with E-state index in [1.807, 2.05) is 30.7 Å². The Morgan fingerprint density at radius 3 is 2.58 bits per heavy atom. The SMILES string of the molecule is Cc1ccc(Cl)c2sc(=NC(=O)COc3ccc(Cl)cc3)n(C)c12. The van der Waals surface area contributed by atoms with Crippen LogP contribution in [0.2, 0.25) is 10.0 Å². The van der Waals surface area contributed by atoms with Crippen LogP contribution in [0.5, 0.6) is 5.75 Å². The highest BCUT2D eigenvalue weighted by Crippen LogP contribution is 2.28. The molecule has 0 saturated carbocycles. The second-order valence-corrected chi connectivity index (χ2v) is 7.05. The first-order chi connectivity index (χ1) is 11.5. The lowest BCUT2D eigenvalue weighted by atomic mass is 10.2. The molecule has 1 amide bonds. The summed E-state index contributed by atoms with van der Waals surface area (Å²) < 4.78 is 8.22. The highest BCUT2D eigenvalue weighted by molar-refractivity contribution is 7.17. The van der Waals surface area contributed by atoms with Crippen LogP contribution in [0.15, 0.2) is 41.4 Å². The maximum absolute atomic E-state index is 12.1. The van der Waals surface area contributed by atoms with Crippen LogP contribution < -0.4 is 9.54 Å². The smallest absolute Gasteiger partial charge is 0.286 e. The Bertz CT molecular complexity index is 975. The molecule has 0 aliphatic carbocycles. The number of carbonyl (C=O) groups excluding carboxylic acids is 1. The number of aromatic nitrogens is 1. The monoisotopic (exact) mass is 380 g/mol. The van der Waals surface area contributed by atoms with Crippen LogP contribution >= 0.6 is 34.5 Å². The number of hydrogen-bond donors (Lipinski definition) is 0. The van der Waals surface area contributed by atoms with Gasteiger partial charge in [-0.1, -0.05) is 40.6 Å². The largest absolute Gasteiger partial charge is 0.484 e. The van der Waals surface area contributed by atoms with E-state index in [1.165, 1.54) is 11.3 Å². The topological polar surface area (TPSA) is 43.6 Å². The van der Waals surface area contributed by atoms with Gasteiger partial charge in [-0.15, -0.1) is 0 Å². The van der Waals surface area contributed by atoms with Crippen molar-refractivity contribution in [1.82, 2.24) is 4.57 Å². The molecule has 0 bridgehead atoms. The summed E-state index contributed by atoms with van der Waals surface area (Å²) in [5.41, 5.74) is 2.07. The maximum Gasteiger partial charge on any atom is 0.286 e. The molecule has 1 heterocycles. The Kier molecular flexibility index (Phi) is 4.94. The van der Waals surface area contributed by atoms with Gasteiger partial charge < -0.3 is 9.30 Å². The number of fused-ring (bicyclic) bond motifs is 1. The molecule has 0 unspecified atom stereocenters. The van der Waals surface area contributed by atoms with Gasteiger partial charge in [0.25, 0.3) is 5.91 Å². The molecule has 3 aromatic rings. The van der Waals surface area contributed by atoms with E-state index in [2.05, 4.69) is 4.99 Å². The van der Waals surface area contributed by atoms with Crippen LogP contribution in [-0.2, 0) is 11.8 Å². The van der Waals surface area contributed by atoms with Crippen molar-refractivity contribution in [3.63, 3.8) is 0 Å². The van der Waals surface area contributed by atoms with E-state index in [9.17, 15) is 4.79 Å². The molecule has 3 rings (SSSR count). The second kappa shape index (κ2) is 6.97. The summed E-state index contributed by atoms with van der Waals surface area (Å²) in [4.78, 5) is 16.8.